The van der Waals surface area contributed by atoms with Crippen LogP contribution in [0.2, 0.25) is 5.02 Å². The molecule has 0 saturated carbocycles. The highest BCUT2D eigenvalue weighted by Gasteiger charge is 2.22. The first-order valence-corrected chi connectivity index (χ1v) is 6.06. The number of aryl methyl sites for hydroxylation is 1. The lowest BCUT2D eigenvalue weighted by Gasteiger charge is -2.15. The van der Waals surface area contributed by atoms with Gasteiger partial charge in [0.1, 0.15) is 5.82 Å². The third kappa shape index (κ3) is 2.22. The zero-order valence-electron chi connectivity index (χ0n) is 8.99. The molecule has 0 aliphatic carbocycles. The second-order valence-electron chi connectivity index (χ2n) is 3.61. The molecule has 90 valence electrons. The molecule has 1 unspecified atom stereocenters. The molecule has 0 amide bonds. The van der Waals surface area contributed by atoms with Crippen molar-refractivity contribution in [3.8, 4) is 0 Å². The number of benzene rings is 1. The van der Waals surface area contributed by atoms with E-state index in [0.717, 1.165) is 0 Å². The molecule has 1 atom stereocenters. The Hall–Kier alpha value is -0.910. The van der Waals surface area contributed by atoms with Gasteiger partial charge in [-0.1, -0.05) is 33.6 Å². The molecule has 0 radical (unpaired) electrons. The van der Waals surface area contributed by atoms with Gasteiger partial charge in [0, 0.05) is 17.1 Å². The zero-order valence-corrected chi connectivity index (χ0v) is 11.3. The second-order valence-corrected chi connectivity index (χ2v) is 4.88. The van der Waals surface area contributed by atoms with Crippen LogP contribution < -0.4 is 5.73 Å². The summed E-state index contributed by atoms with van der Waals surface area (Å²) >= 11 is 9.28. The summed E-state index contributed by atoms with van der Waals surface area (Å²) < 4.78 is 15.9. The molecule has 17 heavy (non-hydrogen) atoms. The van der Waals surface area contributed by atoms with E-state index in [1.807, 2.05) is 0 Å². The third-order valence-corrected chi connectivity index (χ3v) is 3.53. The van der Waals surface area contributed by atoms with Crippen LogP contribution in [0.5, 0.6) is 0 Å². The lowest BCUT2D eigenvalue weighted by Crippen LogP contribution is -2.18. The Morgan fingerprint density at radius 3 is 2.76 bits per heavy atom. The van der Waals surface area contributed by atoms with Crippen molar-refractivity contribution in [1.29, 1.82) is 0 Å². The van der Waals surface area contributed by atoms with E-state index in [0.29, 0.717) is 20.8 Å². The van der Waals surface area contributed by atoms with E-state index in [4.69, 9.17) is 17.3 Å². The topological polar surface area (TPSA) is 43.8 Å². The number of nitrogens with two attached hydrogens (primary N) is 1. The van der Waals surface area contributed by atoms with Crippen LogP contribution in [0.1, 0.15) is 17.3 Å². The number of aromatic nitrogens is 2. The maximum atomic E-state index is 13.8. The summed E-state index contributed by atoms with van der Waals surface area (Å²) in [7, 11) is 1.72. The number of rotatable bonds is 2. The molecule has 0 aliphatic heterocycles. The monoisotopic (exact) mass is 317 g/mol. The molecule has 0 saturated heterocycles. The number of hydrogen-bond acceptors (Lipinski definition) is 2. The van der Waals surface area contributed by atoms with E-state index in [9.17, 15) is 4.39 Å². The fourth-order valence-corrected chi connectivity index (χ4v) is 2.59. The van der Waals surface area contributed by atoms with Crippen molar-refractivity contribution in [2.75, 3.05) is 0 Å². The highest BCUT2D eigenvalue weighted by Crippen LogP contribution is 2.32. The van der Waals surface area contributed by atoms with Gasteiger partial charge in [-0.05, 0) is 12.1 Å². The summed E-state index contributed by atoms with van der Waals surface area (Å²) in [5.74, 6) is -0.371. The Balaban J connectivity index is 2.55. The van der Waals surface area contributed by atoms with Gasteiger partial charge in [-0.25, -0.2) is 4.39 Å². The van der Waals surface area contributed by atoms with Crippen molar-refractivity contribution in [3.05, 3.63) is 51.0 Å². The van der Waals surface area contributed by atoms with E-state index in [2.05, 4.69) is 21.0 Å². The van der Waals surface area contributed by atoms with Gasteiger partial charge in [0.2, 0.25) is 0 Å². The predicted octanol–water partition coefficient (Wildman–Crippen LogP) is 3.02. The largest absolute Gasteiger partial charge is 0.319 e. The molecule has 1 heterocycles. The van der Waals surface area contributed by atoms with Crippen molar-refractivity contribution < 1.29 is 4.39 Å². The molecule has 0 bridgehead atoms. The highest BCUT2D eigenvalue weighted by molar-refractivity contribution is 9.10. The molecule has 2 N–H and O–H groups in total. The Bertz CT molecular complexity index is 516. The summed E-state index contributed by atoms with van der Waals surface area (Å²) in [6.45, 7) is 0. The average molecular weight is 319 g/mol. The maximum absolute atomic E-state index is 13.8. The van der Waals surface area contributed by atoms with Gasteiger partial charge in [-0.15, -0.1) is 0 Å². The summed E-state index contributed by atoms with van der Waals surface area (Å²) in [4.78, 5) is 0. The van der Waals surface area contributed by atoms with E-state index in [1.165, 1.54) is 12.3 Å². The van der Waals surface area contributed by atoms with Crippen molar-refractivity contribution in [1.82, 2.24) is 9.78 Å². The van der Waals surface area contributed by atoms with E-state index < -0.39 is 6.04 Å². The minimum Gasteiger partial charge on any atom is -0.319 e. The van der Waals surface area contributed by atoms with E-state index in [-0.39, 0.29) is 5.82 Å². The molecular formula is C11H10BrClFN3. The zero-order chi connectivity index (χ0) is 12.6. The van der Waals surface area contributed by atoms with Gasteiger partial charge < -0.3 is 5.73 Å². The van der Waals surface area contributed by atoms with Crippen LogP contribution in [0.25, 0.3) is 0 Å². The molecule has 2 aromatic rings. The van der Waals surface area contributed by atoms with Gasteiger partial charge in [0.25, 0.3) is 0 Å². The first-order chi connectivity index (χ1) is 8.02. The van der Waals surface area contributed by atoms with Crippen molar-refractivity contribution in [3.63, 3.8) is 0 Å². The minimum atomic E-state index is -0.662. The van der Waals surface area contributed by atoms with Crippen LogP contribution in [-0.2, 0) is 7.05 Å². The molecule has 0 fully saturated rings. The molecule has 3 nitrogen and oxygen atoms in total. The molecule has 0 spiro atoms. The normalized spacial score (nSPS) is 12.8. The van der Waals surface area contributed by atoms with Gasteiger partial charge >= 0.3 is 0 Å². The molecule has 1 aromatic carbocycles. The Kier molecular flexibility index (Phi) is 3.51. The highest BCUT2D eigenvalue weighted by atomic mass is 79.9. The Labute approximate surface area is 112 Å². The van der Waals surface area contributed by atoms with Crippen LogP contribution in [0.3, 0.4) is 0 Å². The fourth-order valence-electron chi connectivity index (χ4n) is 1.71. The van der Waals surface area contributed by atoms with Gasteiger partial charge in [0.15, 0.2) is 0 Å². The smallest absolute Gasteiger partial charge is 0.129 e. The summed E-state index contributed by atoms with van der Waals surface area (Å²) in [5, 5.41) is 4.42. The van der Waals surface area contributed by atoms with Crippen LogP contribution >= 0.6 is 27.5 Å². The lowest BCUT2D eigenvalue weighted by atomic mass is 10.0. The molecule has 2 rings (SSSR count). The van der Waals surface area contributed by atoms with Crippen molar-refractivity contribution in [2.24, 2.45) is 12.8 Å². The molecular weight excluding hydrogens is 308 g/mol. The maximum Gasteiger partial charge on any atom is 0.129 e. The van der Waals surface area contributed by atoms with Crippen LogP contribution in [0, 0.1) is 5.82 Å². The van der Waals surface area contributed by atoms with Gasteiger partial charge in [0.05, 0.1) is 23.0 Å². The molecule has 1 aromatic heterocycles. The first kappa shape index (κ1) is 12.5. The van der Waals surface area contributed by atoms with E-state index in [1.54, 1.807) is 23.9 Å². The average Bonchev–Trinajstić information content (AvgIpc) is 2.58. The Morgan fingerprint density at radius 2 is 2.24 bits per heavy atom. The van der Waals surface area contributed by atoms with Crippen LogP contribution in [-0.4, -0.2) is 9.78 Å². The second kappa shape index (κ2) is 4.76. The summed E-state index contributed by atoms with van der Waals surface area (Å²) in [6.07, 6.45) is 1.49. The standard InChI is InChI=1S/C11H10BrClFN3/c1-17-11(7(13)5-16-17)10(15)9-6(12)3-2-4-8(9)14/h2-5,10H,15H2,1H3. The van der Waals surface area contributed by atoms with Crippen molar-refractivity contribution >= 4 is 27.5 Å². The minimum absolute atomic E-state index is 0.371. The van der Waals surface area contributed by atoms with Crippen LogP contribution in [0.4, 0.5) is 4.39 Å². The summed E-state index contributed by atoms with van der Waals surface area (Å²) in [6, 6.07) is 4.05. The molecule has 6 heteroatoms. The van der Waals surface area contributed by atoms with E-state index >= 15 is 0 Å². The first-order valence-electron chi connectivity index (χ1n) is 4.89. The van der Waals surface area contributed by atoms with Crippen LogP contribution in [0.15, 0.2) is 28.9 Å². The van der Waals surface area contributed by atoms with Crippen molar-refractivity contribution in [2.45, 2.75) is 6.04 Å². The third-order valence-electron chi connectivity index (χ3n) is 2.54. The lowest BCUT2D eigenvalue weighted by molar-refractivity contribution is 0.584. The quantitative estimate of drug-likeness (QED) is 0.925. The van der Waals surface area contributed by atoms with Gasteiger partial charge in [-0.3, -0.25) is 4.68 Å². The fraction of sp³-hybridized carbons (Fsp3) is 0.182. The Morgan fingerprint density at radius 1 is 1.53 bits per heavy atom. The number of hydrogen-bond donors (Lipinski definition) is 1. The van der Waals surface area contributed by atoms with Gasteiger partial charge in [-0.2, -0.15) is 5.10 Å². The SMILES string of the molecule is Cn1ncc(Cl)c1C(N)c1c(F)cccc1Br. The molecule has 0 aliphatic rings. The number of halogens is 3. The number of nitrogens with zero attached hydrogens (tertiary/aromatic N) is 2. The predicted molar refractivity (Wildman–Crippen MR) is 68.3 cm³/mol. The summed E-state index contributed by atoms with van der Waals surface area (Å²) in [5.41, 5.74) is 7.00.